The molecule has 0 aromatic carbocycles. The highest BCUT2D eigenvalue weighted by Crippen LogP contribution is 2.25. The van der Waals surface area contributed by atoms with Gasteiger partial charge in [0.2, 0.25) is 0 Å². The lowest BCUT2D eigenvalue weighted by molar-refractivity contribution is -0.178. The molecule has 0 saturated heterocycles. The Kier molecular flexibility index (Phi) is 6.22. The van der Waals surface area contributed by atoms with Crippen molar-refractivity contribution in [3.63, 3.8) is 0 Å². The van der Waals surface area contributed by atoms with Crippen molar-refractivity contribution in [3.05, 3.63) is 0 Å². The van der Waals surface area contributed by atoms with Crippen LogP contribution in [0.25, 0.3) is 0 Å². The number of alkyl halides is 3. The summed E-state index contributed by atoms with van der Waals surface area (Å²) in [5.74, 6) is 0.339. The van der Waals surface area contributed by atoms with Crippen LogP contribution in [-0.4, -0.2) is 38.6 Å². The second-order valence-electron chi connectivity index (χ2n) is 4.36. The van der Waals surface area contributed by atoms with Crippen LogP contribution in [0.5, 0.6) is 0 Å². The number of halogens is 3. The molecule has 0 aliphatic heterocycles. The summed E-state index contributed by atoms with van der Waals surface area (Å²) in [6.45, 7) is -0.444. The first-order valence-electron chi connectivity index (χ1n) is 5.99. The number of rotatable bonds is 6. The molecule has 1 aliphatic carbocycles. The molecule has 0 aromatic rings. The van der Waals surface area contributed by atoms with Crippen LogP contribution >= 0.6 is 0 Å². The fourth-order valence-corrected chi connectivity index (χ4v) is 2.11. The minimum absolute atomic E-state index is 0.0205. The van der Waals surface area contributed by atoms with Crippen LogP contribution in [0.1, 0.15) is 25.7 Å². The van der Waals surface area contributed by atoms with Crippen LogP contribution in [0.4, 0.5) is 13.2 Å². The molecule has 2 N–H and O–H groups in total. The molecule has 0 radical (unpaired) electrons. The van der Waals surface area contributed by atoms with Gasteiger partial charge in [-0.05, 0) is 25.3 Å². The largest absolute Gasteiger partial charge is 0.411 e. The second kappa shape index (κ2) is 7.18. The Morgan fingerprint density at radius 2 is 1.82 bits per heavy atom. The van der Waals surface area contributed by atoms with Crippen molar-refractivity contribution in [2.75, 3.05) is 26.4 Å². The Morgan fingerprint density at radius 1 is 1.12 bits per heavy atom. The van der Waals surface area contributed by atoms with Gasteiger partial charge < -0.3 is 15.2 Å². The van der Waals surface area contributed by atoms with Crippen molar-refractivity contribution in [1.29, 1.82) is 0 Å². The molecule has 2 unspecified atom stereocenters. The quantitative estimate of drug-likeness (QED) is 0.739. The van der Waals surface area contributed by atoms with Gasteiger partial charge in [0, 0.05) is 0 Å². The van der Waals surface area contributed by atoms with Crippen molar-refractivity contribution in [2.45, 2.75) is 38.0 Å². The van der Waals surface area contributed by atoms with Gasteiger partial charge in [-0.1, -0.05) is 12.8 Å². The average Bonchev–Trinajstić information content (AvgIpc) is 2.27. The van der Waals surface area contributed by atoms with E-state index in [-0.39, 0.29) is 19.3 Å². The number of ether oxygens (including phenoxy) is 2. The molecule has 0 aromatic heterocycles. The number of nitrogens with two attached hydrogens (primary N) is 1. The van der Waals surface area contributed by atoms with E-state index in [9.17, 15) is 13.2 Å². The maximum atomic E-state index is 11.8. The summed E-state index contributed by atoms with van der Waals surface area (Å²) in [4.78, 5) is 0. The van der Waals surface area contributed by atoms with Crippen LogP contribution < -0.4 is 5.73 Å². The van der Waals surface area contributed by atoms with E-state index in [1.54, 1.807) is 0 Å². The third-order valence-electron chi connectivity index (χ3n) is 2.97. The fraction of sp³-hybridized carbons (Fsp3) is 1.00. The maximum absolute atomic E-state index is 11.8. The second-order valence-corrected chi connectivity index (χ2v) is 4.36. The van der Waals surface area contributed by atoms with Gasteiger partial charge >= 0.3 is 6.18 Å². The van der Waals surface area contributed by atoms with Crippen LogP contribution in [0.15, 0.2) is 0 Å². The molecule has 17 heavy (non-hydrogen) atoms. The van der Waals surface area contributed by atoms with E-state index in [0.29, 0.717) is 12.5 Å². The molecule has 1 saturated carbocycles. The van der Waals surface area contributed by atoms with E-state index in [0.717, 1.165) is 25.7 Å². The first-order chi connectivity index (χ1) is 8.03. The highest BCUT2D eigenvalue weighted by Gasteiger charge is 2.27. The smallest absolute Gasteiger partial charge is 0.375 e. The van der Waals surface area contributed by atoms with Gasteiger partial charge in [0.15, 0.2) is 0 Å². The Hall–Kier alpha value is -0.330. The molecule has 0 heterocycles. The van der Waals surface area contributed by atoms with Crippen LogP contribution in [-0.2, 0) is 9.47 Å². The highest BCUT2D eigenvalue weighted by molar-refractivity contribution is 4.76. The Labute approximate surface area is 99.4 Å². The Morgan fingerprint density at radius 3 is 2.47 bits per heavy atom. The molecule has 2 atom stereocenters. The van der Waals surface area contributed by atoms with Gasteiger partial charge in [-0.3, -0.25) is 0 Å². The van der Waals surface area contributed by atoms with Gasteiger partial charge in [0.05, 0.1) is 19.3 Å². The van der Waals surface area contributed by atoms with Crippen molar-refractivity contribution in [2.24, 2.45) is 11.7 Å². The molecule has 0 bridgehead atoms. The van der Waals surface area contributed by atoms with E-state index < -0.39 is 12.8 Å². The first kappa shape index (κ1) is 14.7. The third-order valence-corrected chi connectivity index (χ3v) is 2.97. The maximum Gasteiger partial charge on any atom is 0.411 e. The summed E-state index contributed by atoms with van der Waals surface area (Å²) in [7, 11) is 0. The SMILES string of the molecule is NCC1CCCCC1OCCOCC(F)(F)F. The van der Waals surface area contributed by atoms with E-state index >= 15 is 0 Å². The Balaban J connectivity index is 2.08. The van der Waals surface area contributed by atoms with Crippen molar-refractivity contribution < 1.29 is 22.6 Å². The summed E-state index contributed by atoms with van der Waals surface area (Å²) in [6, 6.07) is 0. The lowest BCUT2D eigenvalue weighted by Gasteiger charge is -2.30. The summed E-state index contributed by atoms with van der Waals surface area (Å²) in [5, 5.41) is 0. The molecule has 1 rings (SSSR count). The minimum atomic E-state index is -4.26. The first-order valence-corrected chi connectivity index (χ1v) is 5.99. The van der Waals surface area contributed by atoms with Gasteiger partial charge in [0.25, 0.3) is 0 Å². The molecule has 3 nitrogen and oxygen atoms in total. The van der Waals surface area contributed by atoms with E-state index in [4.69, 9.17) is 10.5 Å². The average molecular weight is 255 g/mol. The molecule has 102 valence electrons. The standard InChI is InChI=1S/C11H20F3NO2/c12-11(13,14)8-16-5-6-17-10-4-2-1-3-9(10)7-15/h9-10H,1-8,15H2. The predicted molar refractivity (Wildman–Crippen MR) is 57.6 cm³/mol. The normalized spacial score (nSPS) is 26.1. The van der Waals surface area contributed by atoms with Gasteiger partial charge in [-0.25, -0.2) is 0 Å². The van der Waals surface area contributed by atoms with E-state index in [1.807, 2.05) is 0 Å². The van der Waals surface area contributed by atoms with Crippen molar-refractivity contribution in [3.8, 4) is 0 Å². The monoisotopic (exact) mass is 255 g/mol. The summed E-state index contributed by atoms with van der Waals surface area (Å²) in [5.41, 5.74) is 5.62. The predicted octanol–water partition coefficient (Wildman–Crippen LogP) is 2.10. The third kappa shape index (κ3) is 6.24. The molecule has 0 spiro atoms. The molecule has 1 fully saturated rings. The summed E-state index contributed by atoms with van der Waals surface area (Å²) in [6.07, 6.45) is 0.0796. The Bertz CT molecular complexity index is 211. The zero-order valence-electron chi connectivity index (χ0n) is 9.84. The zero-order valence-corrected chi connectivity index (χ0v) is 9.84. The fourth-order valence-electron chi connectivity index (χ4n) is 2.11. The topological polar surface area (TPSA) is 44.5 Å². The molecular weight excluding hydrogens is 235 g/mol. The van der Waals surface area contributed by atoms with Gasteiger partial charge in [0.1, 0.15) is 6.61 Å². The van der Waals surface area contributed by atoms with E-state index in [1.165, 1.54) is 0 Å². The molecule has 6 heteroatoms. The van der Waals surface area contributed by atoms with Crippen LogP contribution in [0.3, 0.4) is 0 Å². The van der Waals surface area contributed by atoms with Crippen molar-refractivity contribution in [1.82, 2.24) is 0 Å². The van der Waals surface area contributed by atoms with Crippen molar-refractivity contribution >= 4 is 0 Å². The summed E-state index contributed by atoms with van der Waals surface area (Å²) >= 11 is 0. The molecular formula is C11H20F3NO2. The van der Waals surface area contributed by atoms with E-state index in [2.05, 4.69) is 4.74 Å². The number of hydrogen-bond donors (Lipinski definition) is 1. The molecule has 0 amide bonds. The highest BCUT2D eigenvalue weighted by atomic mass is 19.4. The number of hydrogen-bond acceptors (Lipinski definition) is 3. The zero-order chi connectivity index (χ0) is 12.7. The minimum Gasteiger partial charge on any atom is -0.375 e. The summed E-state index contributed by atoms with van der Waals surface area (Å²) < 4.78 is 45.3. The van der Waals surface area contributed by atoms with Crippen LogP contribution in [0.2, 0.25) is 0 Å². The lowest BCUT2D eigenvalue weighted by atomic mass is 9.86. The van der Waals surface area contributed by atoms with Gasteiger partial charge in [-0.15, -0.1) is 0 Å². The van der Waals surface area contributed by atoms with Crippen LogP contribution in [0, 0.1) is 5.92 Å². The molecule has 1 aliphatic rings. The van der Waals surface area contributed by atoms with Gasteiger partial charge in [-0.2, -0.15) is 13.2 Å². The lowest BCUT2D eigenvalue weighted by Crippen LogP contribution is -2.34.